The van der Waals surface area contributed by atoms with E-state index in [1.807, 2.05) is 12.1 Å². The third-order valence-corrected chi connectivity index (χ3v) is 5.03. The first kappa shape index (κ1) is 18.4. The van der Waals surface area contributed by atoms with Crippen LogP contribution in [0.4, 0.5) is 17.3 Å². The van der Waals surface area contributed by atoms with Crippen LogP contribution in [0.5, 0.6) is 5.75 Å². The molecule has 1 atom stereocenters. The van der Waals surface area contributed by atoms with Gasteiger partial charge in [0, 0.05) is 23.3 Å². The minimum Gasteiger partial charge on any atom is -0.497 e. The van der Waals surface area contributed by atoms with E-state index in [0.717, 1.165) is 0 Å². The fourth-order valence-corrected chi connectivity index (χ4v) is 3.61. The number of H-pyrrole nitrogens is 1. The van der Waals surface area contributed by atoms with Gasteiger partial charge >= 0.3 is 0 Å². The fourth-order valence-electron chi connectivity index (χ4n) is 3.61. The molecule has 12 heteroatoms. The van der Waals surface area contributed by atoms with Crippen molar-refractivity contribution in [1.29, 1.82) is 0 Å². The van der Waals surface area contributed by atoms with Crippen molar-refractivity contribution < 1.29 is 9.66 Å². The average molecular weight is 418 g/mol. The van der Waals surface area contributed by atoms with E-state index in [1.165, 1.54) is 16.8 Å². The first-order valence-corrected chi connectivity index (χ1v) is 9.13. The second-order valence-corrected chi connectivity index (χ2v) is 6.75. The van der Waals surface area contributed by atoms with Gasteiger partial charge in [-0.15, -0.1) is 0 Å². The van der Waals surface area contributed by atoms with Crippen LogP contribution in [0.1, 0.15) is 17.2 Å². The van der Waals surface area contributed by atoms with Crippen LogP contribution in [0.2, 0.25) is 0 Å². The van der Waals surface area contributed by atoms with Gasteiger partial charge in [0.1, 0.15) is 17.5 Å². The molecule has 154 valence electrons. The third kappa shape index (κ3) is 2.97. The summed E-state index contributed by atoms with van der Waals surface area (Å²) in [5.41, 5.74) is 2.14. The minimum atomic E-state index is -0.641. The Balaban J connectivity index is 1.77. The summed E-state index contributed by atoms with van der Waals surface area (Å²) in [5.74, 6) is 0.891. The summed E-state index contributed by atoms with van der Waals surface area (Å²) in [5, 5.41) is 32.5. The number of nitro benzene ring substituents is 1. The Labute approximate surface area is 173 Å². The number of tetrazole rings is 1. The molecule has 2 aromatic heterocycles. The molecule has 12 nitrogen and oxygen atoms in total. The van der Waals surface area contributed by atoms with E-state index in [1.54, 1.807) is 31.4 Å². The number of aromatic nitrogens is 6. The van der Waals surface area contributed by atoms with Gasteiger partial charge in [0.05, 0.1) is 17.7 Å². The number of non-ortho nitro benzene ring substituents is 1. The smallest absolute Gasteiger partial charge is 0.288 e. The maximum Gasteiger partial charge on any atom is 0.288 e. The number of nitrogens with zero attached hydrogens (tertiary/aromatic N) is 6. The van der Waals surface area contributed by atoms with Crippen LogP contribution in [-0.4, -0.2) is 42.4 Å². The molecule has 1 aliphatic rings. The topological polar surface area (TPSA) is 154 Å². The number of nitro groups is 1. The van der Waals surface area contributed by atoms with Gasteiger partial charge in [-0.2, -0.15) is 9.78 Å². The summed E-state index contributed by atoms with van der Waals surface area (Å²) in [4.78, 5) is 23.3. The van der Waals surface area contributed by atoms with E-state index >= 15 is 0 Å². The quantitative estimate of drug-likeness (QED) is 0.329. The van der Waals surface area contributed by atoms with Crippen molar-refractivity contribution in [3.05, 3.63) is 80.1 Å². The van der Waals surface area contributed by atoms with Crippen molar-refractivity contribution in [1.82, 2.24) is 30.4 Å². The maximum atomic E-state index is 12.7. The van der Waals surface area contributed by atoms with E-state index in [-0.39, 0.29) is 17.3 Å². The second kappa shape index (κ2) is 7.02. The van der Waals surface area contributed by atoms with Crippen molar-refractivity contribution in [3.63, 3.8) is 0 Å². The number of aromatic amines is 1. The highest BCUT2D eigenvalue weighted by atomic mass is 16.6. The number of ether oxygens (including phenoxy) is 1. The highest BCUT2D eigenvalue weighted by molar-refractivity contribution is 5.76. The number of hydrogen-bond donors (Lipinski definition) is 2. The zero-order valence-electron chi connectivity index (χ0n) is 16.0. The number of rotatable bonds is 4. The van der Waals surface area contributed by atoms with Crippen molar-refractivity contribution in [2.45, 2.75) is 6.04 Å². The molecular weight excluding hydrogens is 404 g/mol. The molecule has 0 unspecified atom stereocenters. The molecule has 0 spiro atoms. The molecule has 0 bridgehead atoms. The second-order valence-electron chi connectivity index (χ2n) is 6.75. The zero-order chi connectivity index (χ0) is 21.5. The van der Waals surface area contributed by atoms with Crippen molar-refractivity contribution in [2.75, 3.05) is 12.4 Å². The molecule has 31 heavy (non-hydrogen) atoms. The van der Waals surface area contributed by atoms with Crippen LogP contribution in [-0.2, 0) is 0 Å². The van der Waals surface area contributed by atoms with Crippen LogP contribution in [0.3, 0.4) is 0 Å². The van der Waals surface area contributed by atoms with Gasteiger partial charge in [0.25, 0.3) is 11.2 Å². The Kier molecular flexibility index (Phi) is 4.17. The van der Waals surface area contributed by atoms with E-state index in [0.29, 0.717) is 28.1 Å². The predicted octanol–water partition coefficient (Wildman–Crippen LogP) is 2.03. The van der Waals surface area contributed by atoms with Crippen molar-refractivity contribution in [3.8, 4) is 17.0 Å². The van der Waals surface area contributed by atoms with E-state index in [9.17, 15) is 14.9 Å². The van der Waals surface area contributed by atoms with Gasteiger partial charge in [-0.25, -0.2) is 5.10 Å². The van der Waals surface area contributed by atoms with Gasteiger partial charge in [-0.1, -0.05) is 17.2 Å². The molecule has 0 amide bonds. The molecule has 1 aliphatic heterocycles. The lowest BCUT2D eigenvalue weighted by Crippen LogP contribution is -2.29. The van der Waals surface area contributed by atoms with Crippen LogP contribution in [0.25, 0.3) is 11.3 Å². The summed E-state index contributed by atoms with van der Waals surface area (Å²) in [6.07, 6.45) is 0. The number of methoxy groups -OCH3 is 1. The minimum absolute atomic E-state index is 0.0492. The lowest BCUT2D eigenvalue weighted by atomic mass is 9.92. The van der Waals surface area contributed by atoms with Crippen LogP contribution >= 0.6 is 0 Å². The highest BCUT2D eigenvalue weighted by Gasteiger charge is 2.34. The molecular formula is C19H14N8O4. The molecule has 2 N–H and O–H groups in total. The molecule has 0 saturated heterocycles. The van der Waals surface area contributed by atoms with Gasteiger partial charge in [-0.05, 0) is 40.3 Å². The van der Waals surface area contributed by atoms with Gasteiger partial charge in [-0.3, -0.25) is 14.9 Å². The molecule has 4 aromatic rings. The Bertz CT molecular complexity index is 1360. The molecule has 0 radical (unpaired) electrons. The first-order chi connectivity index (χ1) is 15.1. The Morgan fingerprint density at radius 2 is 2.00 bits per heavy atom. The molecule has 0 saturated carbocycles. The monoisotopic (exact) mass is 418 g/mol. The SMILES string of the molecule is COc1cccc(-c2n[nH]c(=O)c3c2[C@H](c2ccc([N+](=O)[O-])cc2)n2nnnc2N3)c1. The van der Waals surface area contributed by atoms with Crippen molar-refractivity contribution in [2.24, 2.45) is 0 Å². The number of hydrogen-bond acceptors (Lipinski definition) is 9. The molecule has 2 aromatic carbocycles. The molecule has 0 fully saturated rings. The summed E-state index contributed by atoms with van der Waals surface area (Å²) >= 11 is 0. The van der Waals surface area contributed by atoms with Gasteiger partial charge in [0.2, 0.25) is 5.95 Å². The number of benzene rings is 2. The molecule has 0 aliphatic carbocycles. The third-order valence-electron chi connectivity index (χ3n) is 5.03. The number of fused-ring (bicyclic) bond motifs is 2. The van der Waals surface area contributed by atoms with E-state index < -0.39 is 16.5 Å². The normalized spacial score (nSPS) is 14.3. The van der Waals surface area contributed by atoms with Crippen molar-refractivity contribution >= 4 is 17.3 Å². The summed E-state index contributed by atoms with van der Waals surface area (Å²) in [6.45, 7) is 0. The summed E-state index contributed by atoms with van der Waals surface area (Å²) in [7, 11) is 1.56. The average Bonchev–Trinajstić information content (AvgIpc) is 3.26. The zero-order valence-corrected chi connectivity index (χ0v) is 16.0. The van der Waals surface area contributed by atoms with Crippen LogP contribution < -0.4 is 15.6 Å². The summed E-state index contributed by atoms with van der Waals surface area (Å²) in [6, 6.07) is 12.6. The van der Waals surface area contributed by atoms with E-state index in [4.69, 9.17) is 4.74 Å². The van der Waals surface area contributed by atoms with E-state index in [2.05, 4.69) is 31.0 Å². The Hall–Kier alpha value is -4.61. The number of anilines is 2. The Morgan fingerprint density at radius 1 is 1.19 bits per heavy atom. The predicted molar refractivity (Wildman–Crippen MR) is 108 cm³/mol. The number of nitrogens with one attached hydrogen (secondary N) is 2. The largest absolute Gasteiger partial charge is 0.497 e. The van der Waals surface area contributed by atoms with Crippen LogP contribution in [0.15, 0.2) is 53.3 Å². The standard InChI is InChI=1S/C19H14N8O4/c1-31-13-4-2-3-11(9-13)15-14-16(18(28)22-21-15)20-19-23-24-25-26(19)17(14)10-5-7-12(8-6-10)27(29)30/h2-9,17H,1H3,(H,22,28)(H,20,23,25)/t17-/m0/s1. The van der Waals surface area contributed by atoms with Gasteiger partial charge in [0.15, 0.2) is 0 Å². The molecule has 3 heterocycles. The Morgan fingerprint density at radius 3 is 2.74 bits per heavy atom. The first-order valence-electron chi connectivity index (χ1n) is 9.13. The summed E-state index contributed by atoms with van der Waals surface area (Å²) < 4.78 is 6.83. The lowest BCUT2D eigenvalue weighted by molar-refractivity contribution is -0.384. The highest BCUT2D eigenvalue weighted by Crippen LogP contribution is 2.41. The fraction of sp³-hybridized carbons (Fsp3) is 0.105. The van der Waals surface area contributed by atoms with Crippen LogP contribution in [0, 0.1) is 10.1 Å². The van der Waals surface area contributed by atoms with Gasteiger partial charge < -0.3 is 10.1 Å². The molecule has 5 rings (SSSR count). The lowest BCUT2D eigenvalue weighted by Gasteiger charge is -2.27. The maximum absolute atomic E-state index is 12.7.